The minimum absolute atomic E-state index is 0.00641. The van der Waals surface area contributed by atoms with E-state index in [1.807, 2.05) is 52.0 Å². The first-order valence-corrected chi connectivity index (χ1v) is 5.94. The van der Waals surface area contributed by atoms with E-state index in [0.717, 1.165) is 5.56 Å². The van der Waals surface area contributed by atoms with Gasteiger partial charge < -0.3 is 11.1 Å². The molecule has 3 nitrogen and oxygen atoms in total. The molecule has 0 spiro atoms. The summed E-state index contributed by atoms with van der Waals surface area (Å²) in [7, 11) is 0. The summed E-state index contributed by atoms with van der Waals surface area (Å²) in [5, 5.41) is 2.99. The third-order valence-corrected chi connectivity index (χ3v) is 3.05. The average molecular weight is 234 g/mol. The Morgan fingerprint density at radius 2 is 1.88 bits per heavy atom. The Hall–Kier alpha value is -1.35. The number of carbonyl (C=O) groups excluding carboxylic acids is 1. The van der Waals surface area contributed by atoms with Crippen LogP contribution in [-0.2, 0) is 4.79 Å². The highest BCUT2D eigenvalue weighted by Gasteiger charge is 2.26. The first-order valence-electron chi connectivity index (χ1n) is 5.94. The maximum absolute atomic E-state index is 12.0. The summed E-state index contributed by atoms with van der Waals surface area (Å²) >= 11 is 0. The maximum atomic E-state index is 12.0. The van der Waals surface area contributed by atoms with E-state index in [1.54, 1.807) is 0 Å². The zero-order valence-electron chi connectivity index (χ0n) is 11.1. The van der Waals surface area contributed by atoms with Crippen LogP contribution in [0.1, 0.15) is 37.9 Å². The van der Waals surface area contributed by atoms with Crippen LogP contribution < -0.4 is 11.1 Å². The first-order chi connectivity index (χ1) is 7.86. The van der Waals surface area contributed by atoms with Gasteiger partial charge in [0.25, 0.3) is 0 Å². The topological polar surface area (TPSA) is 55.1 Å². The van der Waals surface area contributed by atoms with Gasteiger partial charge in [0.1, 0.15) is 0 Å². The van der Waals surface area contributed by atoms with Gasteiger partial charge in [-0.25, -0.2) is 0 Å². The molecule has 1 amide bonds. The zero-order chi connectivity index (χ0) is 13.1. The van der Waals surface area contributed by atoms with Gasteiger partial charge in [-0.05, 0) is 33.3 Å². The highest BCUT2D eigenvalue weighted by Crippen LogP contribution is 2.17. The van der Waals surface area contributed by atoms with Crippen molar-refractivity contribution in [3.63, 3.8) is 0 Å². The SMILES string of the molecule is Cc1ccc([C@@H](C)NC(=O)C(C)(C)CN)cc1. The molecule has 0 radical (unpaired) electrons. The minimum atomic E-state index is -0.515. The molecule has 3 heteroatoms. The van der Waals surface area contributed by atoms with Crippen LogP contribution in [0.5, 0.6) is 0 Å². The summed E-state index contributed by atoms with van der Waals surface area (Å²) in [5.74, 6) is -0.00641. The van der Waals surface area contributed by atoms with Gasteiger partial charge in [0.2, 0.25) is 5.91 Å². The average Bonchev–Trinajstić information content (AvgIpc) is 2.29. The third-order valence-electron chi connectivity index (χ3n) is 3.05. The van der Waals surface area contributed by atoms with E-state index < -0.39 is 5.41 Å². The van der Waals surface area contributed by atoms with Crippen molar-refractivity contribution in [1.82, 2.24) is 5.32 Å². The fourth-order valence-corrected chi connectivity index (χ4v) is 1.42. The third kappa shape index (κ3) is 3.56. The fourth-order valence-electron chi connectivity index (χ4n) is 1.42. The molecule has 0 saturated carbocycles. The molecule has 0 aliphatic rings. The highest BCUT2D eigenvalue weighted by molar-refractivity contribution is 5.82. The molecule has 1 atom stereocenters. The Bertz CT molecular complexity index is 382. The molecule has 0 fully saturated rings. The second-order valence-corrected chi connectivity index (χ2v) is 5.19. The molecular weight excluding hydrogens is 212 g/mol. The molecule has 0 aliphatic heterocycles. The largest absolute Gasteiger partial charge is 0.349 e. The van der Waals surface area contributed by atoms with Crippen LogP contribution in [0.15, 0.2) is 24.3 Å². The number of amides is 1. The number of aryl methyl sites for hydroxylation is 1. The van der Waals surface area contributed by atoms with Gasteiger partial charge in [-0.1, -0.05) is 29.8 Å². The molecule has 0 aliphatic carbocycles. The summed E-state index contributed by atoms with van der Waals surface area (Å²) < 4.78 is 0. The summed E-state index contributed by atoms with van der Waals surface area (Å²) in [4.78, 5) is 12.0. The molecule has 17 heavy (non-hydrogen) atoms. The predicted molar refractivity (Wildman–Crippen MR) is 70.6 cm³/mol. The second kappa shape index (κ2) is 5.32. The Labute approximate surface area is 103 Å². The number of hydrogen-bond acceptors (Lipinski definition) is 2. The lowest BCUT2D eigenvalue weighted by atomic mass is 9.92. The Balaban J connectivity index is 2.70. The van der Waals surface area contributed by atoms with Gasteiger partial charge in [0, 0.05) is 6.54 Å². The second-order valence-electron chi connectivity index (χ2n) is 5.19. The Morgan fingerprint density at radius 3 is 2.35 bits per heavy atom. The van der Waals surface area contributed by atoms with Crippen LogP contribution in [-0.4, -0.2) is 12.5 Å². The van der Waals surface area contributed by atoms with E-state index in [0.29, 0.717) is 6.54 Å². The lowest BCUT2D eigenvalue weighted by Crippen LogP contribution is -2.42. The maximum Gasteiger partial charge on any atom is 0.227 e. The molecule has 0 saturated heterocycles. The lowest BCUT2D eigenvalue weighted by Gasteiger charge is -2.24. The predicted octanol–water partition coefficient (Wildman–Crippen LogP) is 2.16. The fraction of sp³-hybridized carbons (Fsp3) is 0.500. The summed E-state index contributed by atoms with van der Waals surface area (Å²) in [6, 6.07) is 8.18. The van der Waals surface area contributed by atoms with E-state index in [9.17, 15) is 4.79 Å². The van der Waals surface area contributed by atoms with Crippen LogP contribution in [0.4, 0.5) is 0 Å². The molecule has 0 unspecified atom stereocenters. The van der Waals surface area contributed by atoms with Gasteiger partial charge in [-0.2, -0.15) is 0 Å². The minimum Gasteiger partial charge on any atom is -0.349 e. The van der Waals surface area contributed by atoms with Crippen molar-refractivity contribution < 1.29 is 4.79 Å². The molecule has 3 N–H and O–H groups in total. The van der Waals surface area contributed by atoms with Crippen LogP contribution in [0, 0.1) is 12.3 Å². The van der Waals surface area contributed by atoms with Crippen molar-refractivity contribution >= 4 is 5.91 Å². The molecular formula is C14H22N2O. The number of nitrogens with two attached hydrogens (primary N) is 1. The van der Waals surface area contributed by atoms with Crippen LogP contribution >= 0.6 is 0 Å². The normalized spacial score (nSPS) is 13.2. The van der Waals surface area contributed by atoms with Crippen LogP contribution in [0.2, 0.25) is 0 Å². The molecule has 0 aromatic heterocycles. The van der Waals surface area contributed by atoms with Crippen molar-refractivity contribution in [3.8, 4) is 0 Å². The number of carbonyl (C=O) groups is 1. The van der Waals surface area contributed by atoms with Gasteiger partial charge in [0.15, 0.2) is 0 Å². The van der Waals surface area contributed by atoms with Crippen molar-refractivity contribution in [2.75, 3.05) is 6.54 Å². The smallest absolute Gasteiger partial charge is 0.227 e. The van der Waals surface area contributed by atoms with Crippen LogP contribution in [0.3, 0.4) is 0 Å². The van der Waals surface area contributed by atoms with E-state index in [1.165, 1.54) is 5.56 Å². The van der Waals surface area contributed by atoms with Gasteiger partial charge in [-0.15, -0.1) is 0 Å². The van der Waals surface area contributed by atoms with Crippen LogP contribution in [0.25, 0.3) is 0 Å². The van der Waals surface area contributed by atoms with Gasteiger partial charge >= 0.3 is 0 Å². The summed E-state index contributed by atoms with van der Waals surface area (Å²) in [5.41, 5.74) is 7.39. The van der Waals surface area contributed by atoms with E-state index >= 15 is 0 Å². The van der Waals surface area contributed by atoms with Crippen molar-refractivity contribution in [2.45, 2.75) is 33.7 Å². The molecule has 1 aromatic rings. The summed E-state index contributed by atoms with van der Waals surface area (Å²) in [6.45, 7) is 8.08. The molecule has 1 rings (SSSR count). The number of nitrogens with one attached hydrogen (secondary N) is 1. The Kier molecular flexibility index (Phi) is 4.29. The standard InChI is InChI=1S/C14H22N2O/c1-10-5-7-12(8-6-10)11(2)16-13(17)14(3,4)9-15/h5-8,11H,9,15H2,1-4H3,(H,16,17)/t11-/m1/s1. The highest BCUT2D eigenvalue weighted by atomic mass is 16.2. The molecule has 94 valence electrons. The van der Waals surface area contributed by atoms with E-state index in [-0.39, 0.29) is 11.9 Å². The number of hydrogen-bond donors (Lipinski definition) is 2. The summed E-state index contributed by atoms with van der Waals surface area (Å²) in [6.07, 6.45) is 0. The molecule has 1 aromatic carbocycles. The van der Waals surface area contributed by atoms with Crippen molar-refractivity contribution in [1.29, 1.82) is 0 Å². The Morgan fingerprint density at radius 1 is 1.35 bits per heavy atom. The number of rotatable bonds is 4. The quantitative estimate of drug-likeness (QED) is 0.838. The van der Waals surface area contributed by atoms with Gasteiger partial charge in [0.05, 0.1) is 11.5 Å². The first kappa shape index (κ1) is 13.7. The zero-order valence-corrected chi connectivity index (χ0v) is 11.1. The molecule has 0 bridgehead atoms. The molecule has 0 heterocycles. The monoisotopic (exact) mass is 234 g/mol. The van der Waals surface area contributed by atoms with Gasteiger partial charge in [-0.3, -0.25) is 4.79 Å². The van der Waals surface area contributed by atoms with Crippen molar-refractivity contribution in [2.24, 2.45) is 11.1 Å². The number of benzene rings is 1. The van der Waals surface area contributed by atoms with E-state index in [4.69, 9.17) is 5.73 Å². The van der Waals surface area contributed by atoms with Crippen molar-refractivity contribution in [3.05, 3.63) is 35.4 Å². The van der Waals surface area contributed by atoms with E-state index in [2.05, 4.69) is 5.32 Å². The lowest BCUT2D eigenvalue weighted by molar-refractivity contribution is -0.129.